The zero-order valence-electron chi connectivity index (χ0n) is 17.3. The SMILES string of the molecule is O=C(CCC(=O)N1CCSc2ccccc21)NCc1ccc(N2CCNC(=O)C2)cc1. The van der Waals surface area contributed by atoms with E-state index in [0.29, 0.717) is 26.2 Å². The number of anilines is 2. The van der Waals surface area contributed by atoms with Gasteiger partial charge in [-0.2, -0.15) is 0 Å². The van der Waals surface area contributed by atoms with E-state index in [-0.39, 0.29) is 30.6 Å². The second kappa shape index (κ2) is 9.87. The summed E-state index contributed by atoms with van der Waals surface area (Å²) in [7, 11) is 0. The number of carbonyl (C=O) groups is 3. The molecule has 2 N–H and O–H groups in total. The Morgan fingerprint density at radius 3 is 2.65 bits per heavy atom. The molecule has 4 rings (SSSR count). The van der Waals surface area contributed by atoms with Crippen molar-refractivity contribution in [2.75, 3.05) is 41.7 Å². The molecule has 2 aromatic rings. The highest BCUT2D eigenvalue weighted by atomic mass is 32.2. The number of amides is 3. The van der Waals surface area contributed by atoms with Gasteiger partial charge in [-0.05, 0) is 29.8 Å². The molecule has 0 aliphatic carbocycles. The van der Waals surface area contributed by atoms with Crippen LogP contribution in [0.4, 0.5) is 11.4 Å². The van der Waals surface area contributed by atoms with Crippen LogP contribution in [0, 0.1) is 0 Å². The van der Waals surface area contributed by atoms with Crippen LogP contribution in [0.1, 0.15) is 18.4 Å². The molecule has 3 amide bonds. The Hall–Kier alpha value is -3.00. The van der Waals surface area contributed by atoms with Gasteiger partial charge in [-0.25, -0.2) is 0 Å². The van der Waals surface area contributed by atoms with E-state index in [4.69, 9.17) is 0 Å². The fraction of sp³-hybridized carbons (Fsp3) is 0.348. The molecule has 0 bridgehead atoms. The fourth-order valence-electron chi connectivity index (χ4n) is 3.76. The number of para-hydroxylation sites is 1. The van der Waals surface area contributed by atoms with Crippen LogP contribution in [-0.4, -0.2) is 49.7 Å². The van der Waals surface area contributed by atoms with E-state index in [1.165, 1.54) is 0 Å². The van der Waals surface area contributed by atoms with E-state index in [2.05, 4.69) is 10.6 Å². The summed E-state index contributed by atoms with van der Waals surface area (Å²) in [6.07, 6.45) is 0.367. The molecule has 1 saturated heterocycles. The maximum atomic E-state index is 12.7. The summed E-state index contributed by atoms with van der Waals surface area (Å²) >= 11 is 1.75. The largest absolute Gasteiger partial charge is 0.360 e. The van der Waals surface area contributed by atoms with Crippen LogP contribution >= 0.6 is 11.8 Å². The second-order valence-electron chi connectivity index (χ2n) is 7.58. The van der Waals surface area contributed by atoms with Crippen molar-refractivity contribution in [1.29, 1.82) is 0 Å². The normalized spacial score (nSPS) is 15.8. The lowest BCUT2D eigenvalue weighted by atomic mass is 10.1. The second-order valence-corrected chi connectivity index (χ2v) is 8.71. The van der Waals surface area contributed by atoms with E-state index < -0.39 is 0 Å². The van der Waals surface area contributed by atoms with E-state index in [1.54, 1.807) is 16.7 Å². The Labute approximate surface area is 186 Å². The van der Waals surface area contributed by atoms with Gasteiger partial charge in [0.1, 0.15) is 0 Å². The highest BCUT2D eigenvalue weighted by Gasteiger charge is 2.23. The van der Waals surface area contributed by atoms with Gasteiger partial charge in [0.05, 0.1) is 12.2 Å². The minimum Gasteiger partial charge on any atom is -0.360 e. The molecule has 2 aromatic carbocycles. The smallest absolute Gasteiger partial charge is 0.239 e. The summed E-state index contributed by atoms with van der Waals surface area (Å²) in [5, 5.41) is 5.71. The maximum absolute atomic E-state index is 12.7. The van der Waals surface area contributed by atoms with Gasteiger partial charge in [0, 0.05) is 55.4 Å². The van der Waals surface area contributed by atoms with E-state index in [1.807, 2.05) is 53.4 Å². The lowest BCUT2D eigenvalue weighted by Crippen LogP contribution is -2.47. The van der Waals surface area contributed by atoms with Gasteiger partial charge in [0.2, 0.25) is 17.7 Å². The Bertz CT molecular complexity index is 964. The molecule has 0 spiro atoms. The van der Waals surface area contributed by atoms with Crippen molar-refractivity contribution in [1.82, 2.24) is 10.6 Å². The third kappa shape index (κ3) is 5.38. The molecule has 8 heteroatoms. The standard InChI is InChI=1S/C23H26N4O3S/c28-21(9-10-23(30)27-13-14-31-20-4-2-1-3-19(20)27)25-15-17-5-7-18(8-6-17)26-12-11-24-22(29)16-26/h1-8H,9-16H2,(H,24,29)(H,25,28). The van der Waals surface area contributed by atoms with Crippen LogP contribution in [0.3, 0.4) is 0 Å². The number of piperazine rings is 1. The molecule has 31 heavy (non-hydrogen) atoms. The maximum Gasteiger partial charge on any atom is 0.239 e. The number of carbonyl (C=O) groups excluding carboxylic acids is 3. The van der Waals surface area contributed by atoms with Crippen LogP contribution < -0.4 is 20.4 Å². The first kappa shape index (κ1) is 21.2. The lowest BCUT2D eigenvalue weighted by molar-refractivity contribution is -0.125. The molecule has 0 saturated carbocycles. The van der Waals surface area contributed by atoms with E-state index in [9.17, 15) is 14.4 Å². The van der Waals surface area contributed by atoms with Crippen molar-refractivity contribution in [3.63, 3.8) is 0 Å². The summed E-state index contributed by atoms with van der Waals surface area (Å²) in [5.74, 6) is 0.749. The van der Waals surface area contributed by atoms with Crippen molar-refractivity contribution in [3.05, 3.63) is 54.1 Å². The molecule has 2 aliphatic heterocycles. The summed E-state index contributed by atoms with van der Waals surface area (Å²) in [6, 6.07) is 15.7. The molecule has 1 fully saturated rings. The predicted octanol–water partition coefficient (Wildman–Crippen LogP) is 2.16. The highest BCUT2D eigenvalue weighted by molar-refractivity contribution is 7.99. The van der Waals surface area contributed by atoms with Crippen molar-refractivity contribution < 1.29 is 14.4 Å². The van der Waals surface area contributed by atoms with Crippen LogP contribution in [0.25, 0.3) is 0 Å². The minimum atomic E-state index is -0.134. The molecule has 2 aliphatic rings. The number of fused-ring (bicyclic) bond motifs is 1. The Kier molecular flexibility index (Phi) is 6.76. The van der Waals surface area contributed by atoms with Crippen molar-refractivity contribution >= 4 is 40.9 Å². The molecule has 162 valence electrons. The van der Waals surface area contributed by atoms with Crippen LogP contribution in [-0.2, 0) is 20.9 Å². The quantitative estimate of drug-likeness (QED) is 0.722. The first-order valence-electron chi connectivity index (χ1n) is 10.5. The van der Waals surface area contributed by atoms with Crippen molar-refractivity contribution in [2.24, 2.45) is 0 Å². The third-order valence-electron chi connectivity index (χ3n) is 5.43. The van der Waals surface area contributed by atoms with Gasteiger partial charge in [0.15, 0.2) is 0 Å². The van der Waals surface area contributed by atoms with E-state index in [0.717, 1.165) is 34.1 Å². The summed E-state index contributed by atoms with van der Waals surface area (Å²) < 4.78 is 0. The Balaban J connectivity index is 1.23. The number of benzene rings is 2. The van der Waals surface area contributed by atoms with E-state index >= 15 is 0 Å². The van der Waals surface area contributed by atoms with Gasteiger partial charge in [-0.3, -0.25) is 14.4 Å². The lowest BCUT2D eigenvalue weighted by Gasteiger charge is -2.29. The third-order valence-corrected chi connectivity index (χ3v) is 6.47. The molecule has 0 aromatic heterocycles. The van der Waals surface area contributed by atoms with Crippen molar-refractivity contribution in [3.8, 4) is 0 Å². The number of rotatable bonds is 6. The van der Waals surface area contributed by atoms with Crippen LogP contribution in [0.5, 0.6) is 0 Å². The van der Waals surface area contributed by atoms with Crippen LogP contribution in [0.15, 0.2) is 53.4 Å². The number of thioether (sulfide) groups is 1. The molecule has 2 heterocycles. The number of nitrogens with one attached hydrogen (secondary N) is 2. The van der Waals surface area contributed by atoms with Gasteiger partial charge in [-0.1, -0.05) is 24.3 Å². The summed E-state index contributed by atoms with van der Waals surface area (Å²) in [4.78, 5) is 41.4. The van der Waals surface area contributed by atoms with Gasteiger partial charge >= 0.3 is 0 Å². The zero-order chi connectivity index (χ0) is 21.6. The molecule has 0 unspecified atom stereocenters. The first-order chi connectivity index (χ1) is 15.1. The molecule has 0 radical (unpaired) electrons. The molecular formula is C23H26N4O3S. The molecule has 0 atom stereocenters. The topological polar surface area (TPSA) is 81.8 Å². The highest BCUT2D eigenvalue weighted by Crippen LogP contribution is 2.34. The zero-order valence-corrected chi connectivity index (χ0v) is 18.1. The van der Waals surface area contributed by atoms with Gasteiger partial charge in [0.25, 0.3) is 0 Å². The summed E-state index contributed by atoms with van der Waals surface area (Å²) in [6.45, 7) is 2.89. The average Bonchev–Trinajstić information content (AvgIpc) is 2.81. The Morgan fingerprint density at radius 2 is 1.84 bits per heavy atom. The molecule has 7 nitrogen and oxygen atoms in total. The van der Waals surface area contributed by atoms with Gasteiger partial charge in [-0.15, -0.1) is 11.8 Å². The predicted molar refractivity (Wildman–Crippen MR) is 122 cm³/mol. The number of nitrogens with zero attached hydrogens (tertiary/aromatic N) is 2. The van der Waals surface area contributed by atoms with Crippen molar-refractivity contribution in [2.45, 2.75) is 24.3 Å². The Morgan fingerprint density at radius 1 is 1.03 bits per heavy atom. The minimum absolute atomic E-state index is 0.0159. The summed E-state index contributed by atoms with van der Waals surface area (Å²) in [5.41, 5.74) is 2.91. The fourth-order valence-corrected chi connectivity index (χ4v) is 4.75. The number of hydrogen-bond donors (Lipinski definition) is 2. The monoisotopic (exact) mass is 438 g/mol. The van der Waals surface area contributed by atoms with Gasteiger partial charge < -0.3 is 20.4 Å². The van der Waals surface area contributed by atoms with Crippen LogP contribution in [0.2, 0.25) is 0 Å². The number of hydrogen-bond acceptors (Lipinski definition) is 5. The molecular weight excluding hydrogens is 412 g/mol. The first-order valence-corrected chi connectivity index (χ1v) is 11.5. The average molecular weight is 439 g/mol.